The summed E-state index contributed by atoms with van der Waals surface area (Å²) in [6.45, 7) is 0.282. The van der Waals surface area contributed by atoms with Crippen molar-refractivity contribution < 1.29 is 19.4 Å². The van der Waals surface area contributed by atoms with Gasteiger partial charge in [-0.25, -0.2) is 9.59 Å². The average molecular weight is 314 g/mol. The van der Waals surface area contributed by atoms with Gasteiger partial charge < -0.3 is 9.84 Å². The third kappa shape index (κ3) is 2.08. The molecule has 1 unspecified atom stereocenters. The highest BCUT2D eigenvalue weighted by Crippen LogP contribution is 2.34. The lowest BCUT2D eigenvalue weighted by Gasteiger charge is -2.33. The maximum Gasteiger partial charge on any atom is 0.408 e. The van der Waals surface area contributed by atoms with Crippen LogP contribution in [0.15, 0.2) is 22.7 Å². The smallest absolute Gasteiger partial charge is 0.408 e. The molecule has 0 aliphatic carbocycles. The van der Waals surface area contributed by atoms with Gasteiger partial charge in [0.25, 0.3) is 0 Å². The third-order valence-corrected chi connectivity index (χ3v) is 3.78. The van der Waals surface area contributed by atoms with Crippen molar-refractivity contribution in [3.63, 3.8) is 0 Å². The van der Waals surface area contributed by atoms with Crippen LogP contribution in [0.2, 0.25) is 0 Å². The van der Waals surface area contributed by atoms with Crippen molar-refractivity contribution in [1.29, 1.82) is 0 Å². The van der Waals surface area contributed by atoms with E-state index in [2.05, 4.69) is 15.9 Å². The molecule has 1 amide bonds. The molecule has 18 heavy (non-hydrogen) atoms. The second-order valence-electron chi connectivity index (χ2n) is 3.96. The summed E-state index contributed by atoms with van der Waals surface area (Å²) in [5, 5.41) is 9.15. The maximum atomic E-state index is 11.8. The van der Waals surface area contributed by atoms with Gasteiger partial charge in [-0.15, -0.1) is 0 Å². The van der Waals surface area contributed by atoms with Crippen LogP contribution in [0, 0.1) is 0 Å². The predicted molar refractivity (Wildman–Crippen MR) is 67.3 cm³/mol. The van der Waals surface area contributed by atoms with Crippen molar-refractivity contribution in [2.45, 2.75) is 12.5 Å². The molecule has 1 heterocycles. The number of esters is 1. The van der Waals surface area contributed by atoms with E-state index in [0.717, 1.165) is 14.9 Å². The highest BCUT2D eigenvalue weighted by molar-refractivity contribution is 9.10. The number of carbonyl (C=O) groups is 2. The minimum absolute atomic E-state index is 0.282. The number of methoxy groups -OCH3 is 1. The number of hydrogen-bond donors (Lipinski definition) is 1. The van der Waals surface area contributed by atoms with E-state index in [1.165, 1.54) is 7.11 Å². The number of halogens is 1. The van der Waals surface area contributed by atoms with Gasteiger partial charge in [-0.2, -0.15) is 0 Å². The molecule has 1 N–H and O–H groups in total. The Hall–Kier alpha value is -1.56. The number of carboxylic acid groups (broad SMARTS) is 1. The Morgan fingerprint density at radius 2 is 2.22 bits per heavy atom. The van der Waals surface area contributed by atoms with Crippen molar-refractivity contribution in [1.82, 2.24) is 4.90 Å². The Balaban J connectivity index is 2.52. The first-order chi connectivity index (χ1) is 8.56. The number of hydrogen-bond acceptors (Lipinski definition) is 3. The Kier molecular flexibility index (Phi) is 3.56. The molecule has 1 aromatic rings. The number of benzene rings is 1. The summed E-state index contributed by atoms with van der Waals surface area (Å²) in [6, 6.07) is 4.54. The highest BCUT2D eigenvalue weighted by Gasteiger charge is 2.37. The van der Waals surface area contributed by atoms with Gasteiger partial charge in [0.1, 0.15) is 0 Å². The van der Waals surface area contributed by atoms with Crippen LogP contribution >= 0.6 is 15.9 Å². The van der Waals surface area contributed by atoms with E-state index in [9.17, 15) is 9.59 Å². The van der Waals surface area contributed by atoms with E-state index in [0.29, 0.717) is 12.0 Å². The van der Waals surface area contributed by atoms with Crippen molar-refractivity contribution >= 4 is 28.0 Å². The number of rotatable bonds is 1. The molecular weight excluding hydrogens is 302 g/mol. The van der Waals surface area contributed by atoms with Crippen LogP contribution in [0.25, 0.3) is 0 Å². The molecule has 0 spiro atoms. The average Bonchev–Trinajstić information content (AvgIpc) is 2.36. The molecule has 1 aliphatic heterocycles. The molecule has 0 bridgehead atoms. The van der Waals surface area contributed by atoms with Crippen LogP contribution in [0.5, 0.6) is 0 Å². The number of fused-ring (bicyclic) bond motifs is 1. The standard InChI is InChI=1S/C12H12BrNO4/c1-18-11(15)10-8-3-2-4-9(13)7(8)5-6-14(10)12(16)17/h2-4,10H,5-6H2,1H3,(H,16,17). The normalized spacial score (nSPS) is 18.1. The largest absolute Gasteiger partial charge is 0.467 e. The lowest BCUT2D eigenvalue weighted by Crippen LogP contribution is -2.43. The van der Waals surface area contributed by atoms with E-state index < -0.39 is 18.1 Å². The summed E-state index contributed by atoms with van der Waals surface area (Å²) in [5.74, 6) is -0.559. The molecule has 1 atom stereocenters. The minimum Gasteiger partial charge on any atom is -0.467 e. The number of amides is 1. The van der Waals surface area contributed by atoms with E-state index in [4.69, 9.17) is 9.84 Å². The number of nitrogens with zero attached hydrogens (tertiary/aromatic N) is 1. The molecule has 1 aromatic carbocycles. The minimum atomic E-state index is -1.11. The predicted octanol–water partition coefficient (Wildman–Crippen LogP) is 2.20. The van der Waals surface area contributed by atoms with E-state index in [1.54, 1.807) is 12.1 Å². The molecule has 5 nitrogen and oxygen atoms in total. The zero-order valence-electron chi connectivity index (χ0n) is 9.72. The van der Waals surface area contributed by atoms with Gasteiger partial charge in [-0.1, -0.05) is 28.1 Å². The van der Waals surface area contributed by atoms with Crippen LogP contribution < -0.4 is 0 Å². The topological polar surface area (TPSA) is 66.8 Å². The van der Waals surface area contributed by atoms with Gasteiger partial charge in [0.2, 0.25) is 0 Å². The molecule has 2 rings (SSSR count). The first kappa shape index (κ1) is 12.9. The fourth-order valence-corrected chi connectivity index (χ4v) is 2.78. The van der Waals surface area contributed by atoms with Crippen molar-refractivity contribution in [2.24, 2.45) is 0 Å². The molecule has 0 aromatic heterocycles. The molecule has 0 saturated heterocycles. The van der Waals surface area contributed by atoms with Crippen molar-refractivity contribution in [3.8, 4) is 0 Å². The summed E-state index contributed by atoms with van der Waals surface area (Å²) in [5.41, 5.74) is 1.65. The number of carbonyl (C=O) groups excluding carboxylic acids is 1. The summed E-state index contributed by atoms with van der Waals surface area (Å²) in [4.78, 5) is 24.1. The Bertz CT molecular complexity index is 503. The SMILES string of the molecule is COC(=O)C1c2cccc(Br)c2CCN1C(=O)O. The molecular formula is C12H12BrNO4. The van der Waals surface area contributed by atoms with Crippen LogP contribution in [0.1, 0.15) is 17.2 Å². The molecule has 1 aliphatic rings. The summed E-state index contributed by atoms with van der Waals surface area (Å²) >= 11 is 3.42. The fourth-order valence-electron chi connectivity index (χ4n) is 2.20. The van der Waals surface area contributed by atoms with E-state index >= 15 is 0 Å². The summed E-state index contributed by atoms with van der Waals surface area (Å²) < 4.78 is 5.60. The molecule has 0 radical (unpaired) electrons. The third-order valence-electron chi connectivity index (χ3n) is 3.03. The van der Waals surface area contributed by atoms with Gasteiger partial charge in [0.05, 0.1) is 7.11 Å². The van der Waals surface area contributed by atoms with Gasteiger partial charge in [-0.05, 0) is 23.6 Å². The van der Waals surface area contributed by atoms with E-state index in [1.807, 2.05) is 6.07 Å². The molecule has 96 valence electrons. The summed E-state index contributed by atoms with van der Waals surface area (Å²) in [7, 11) is 1.26. The second-order valence-corrected chi connectivity index (χ2v) is 4.81. The van der Waals surface area contributed by atoms with Crippen molar-refractivity contribution in [2.75, 3.05) is 13.7 Å². The maximum absolute atomic E-state index is 11.8. The fraction of sp³-hybridized carbons (Fsp3) is 0.333. The van der Waals surface area contributed by atoms with Crippen LogP contribution in [0.4, 0.5) is 4.79 Å². The van der Waals surface area contributed by atoms with Gasteiger partial charge in [-0.3, -0.25) is 4.90 Å². The molecule has 0 fully saturated rings. The highest BCUT2D eigenvalue weighted by atomic mass is 79.9. The zero-order valence-corrected chi connectivity index (χ0v) is 11.3. The zero-order chi connectivity index (χ0) is 13.3. The molecule has 6 heteroatoms. The Labute approximate surface area is 112 Å². The van der Waals surface area contributed by atoms with Gasteiger partial charge in [0, 0.05) is 11.0 Å². The Morgan fingerprint density at radius 1 is 1.50 bits per heavy atom. The van der Waals surface area contributed by atoms with Gasteiger partial charge >= 0.3 is 12.1 Å². The monoisotopic (exact) mass is 313 g/mol. The molecule has 0 saturated carbocycles. The first-order valence-electron chi connectivity index (χ1n) is 5.41. The lowest BCUT2D eigenvalue weighted by atomic mass is 9.93. The van der Waals surface area contributed by atoms with E-state index in [-0.39, 0.29) is 6.54 Å². The van der Waals surface area contributed by atoms with Crippen molar-refractivity contribution in [3.05, 3.63) is 33.8 Å². The van der Waals surface area contributed by atoms with Gasteiger partial charge in [0.15, 0.2) is 6.04 Å². The quantitative estimate of drug-likeness (QED) is 0.807. The van der Waals surface area contributed by atoms with Crippen LogP contribution in [-0.2, 0) is 16.0 Å². The summed E-state index contributed by atoms with van der Waals surface area (Å²) in [6.07, 6.45) is -0.535. The lowest BCUT2D eigenvalue weighted by molar-refractivity contribution is -0.146. The first-order valence-corrected chi connectivity index (χ1v) is 6.20. The second kappa shape index (κ2) is 4.97. The van der Waals surface area contributed by atoms with Crippen LogP contribution in [0.3, 0.4) is 0 Å². The number of ether oxygens (including phenoxy) is 1. The Morgan fingerprint density at radius 3 is 2.83 bits per heavy atom. The van der Waals surface area contributed by atoms with Crippen LogP contribution in [-0.4, -0.2) is 35.7 Å².